The fraction of sp³-hybridized carbons (Fsp3) is 0.636. The topological polar surface area (TPSA) is 47.0 Å². The van der Waals surface area contributed by atoms with Gasteiger partial charge in [0.05, 0.1) is 11.9 Å². The quantitative estimate of drug-likeness (QED) is 0.883. The molecule has 88 valence electrons. The molecule has 1 aliphatic rings. The van der Waals surface area contributed by atoms with Gasteiger partial charge in [-0.05, 0) is 18.3 Å². The third-order valence-corrected chi connectivity index (χ3v) is 3.23. The number of anilines is 1. The highest BCUT2D eigenvalue weighted by Crippen LogP contribution is 2.29. The zero-order valence-electron chi connectivity index (χ0n) is 9.37. The van der Waals surface area contributed by atoms with Crippen LogP contribution in [0, 0.1) is 5.41 Å². The van der Waals surface area contributed by atoms with Crippen LogP contribution >= 0.6 is 11.6 Å². The van der Waals surface area contributed by atoms with Crippen molar-refractivity contribution in [2.75, 3.05) is 25.1 Å². The molecule has 1 saturated heterocycles. The van der Waals surface area contributed by atoms with Gasteiger partial charge in [-0.3, -0.25) is 0 Å². The molecule has 0 spiro atoms. The van der Waals surface area contributed by atoms with E-state index in [0.717, 1.165) is 38.3 Å². The minimum absolute atomic E-state index is 0.300. The Morgan fingerprint density at radius 2 is 2.25 bits per heavy atom. The zero-order chi connectivity index (χ0) is 11.4. The van der Waals surface area contributed by atoms with Crippen molar-refractivity contribution in [3.05, 3.63) is 17.4 Å². The second kappa shape index (κ2) is 4.97. The van der Waals surface area contributed by atoms with E-state index in [2.05, 4.69) is 22.4 Å². The van der Waals surface area contributed by atoms with Crippen molar-refractivity contribution in [1.82, 2.24) is 10.2 Å². The summed E-state index contributed by atoms with van der Waals surface area (Å²) in [7, 11) is 0. The van der Waals surface area contributed by atoms with Crippen LogP contribution in [0.4, 0.5) is 5.69 Å². The molecule has 2 rings (SSSR count). The summed E-state index contributed by atoms with van der Waals surface area (Å²) in [5, 5.41) is 11.3. The van der Waals surface area contributed by atoms with Crippen LogP contribution < -0.4 is 5.32 Å². The third-order valence-electron chi connectivity index (χ3n) is 3.04. The van der Waals surface area contributed by atoms with E-state index in [1.165, 1.54) is 0 Å². The standard InChI is InChI=1S/C11H16ClN3O/c1-11(2-4-16-5-3-11)8-13-9-6-10(12)15-14-7-9/h6-7H,2-5,8H2,1H3,(H,13,15). The Hall–Kier alpha value is -0.870. The van der Waals surface area contributed by atoms with Crippen LogP contribution in [0.15, 0.2) is 12.3 Å². The summed E-state index contributed by atoms with van der Waals surface area (Å²) in [4.78, 5) is 0. The van der Waals surface area contributed by atoms with E-state index in [1.54, 1.807) is 12.3 Å². The highest BCUT2D eigenvalue weighted by molar-refractivity contribution is 6.29. The number of nitrogens with one attached hydrogen (secondary N) is 1. The van der Waals surface area contributed by atoms with Gasteiger partial charge in [0.1, 0.15) is 0 Å². The molecule has 0 amide bonds. The van der Waals surface area contributed by atoms with E-state index in [0.29, 0.717) is 10.6 Å². The number of hydrogen-bond acceptors (Lipinski definition) is 4. The fourth-order valence-corrected chi connectivity index (χ4v) is 1.95. The molecule has 0 saturated carbocycles. The average molecular weight is 242 g/mol. The molecule has 0 unspecified atom stereocenters. The Bertz CT molecular complexity index is 353. The van der Waals surface area contributed by atoms with Crippen molar-refractivity contribution in [1.29, 1.82) is 0 Å². The predicted molar refractivity (Wildman–Crippen MR) is 63.7 cm³/mol. The fourth-order valence-electron chi connectivity index (χ4n) is 1.79. The molecule has 1 aromatic heterocycles. The van der Waals surface area contributed by atoms with E-state index in [1.807, 2.05) is 0 Å². The van der Waals surface area contributed by atoms with E-state index in [-0.39, 0.29) is 0 Å². The van der Waals surface area contributed by atoms with Gasteiger partial charge in [-0.2, -0.15) is 5.10 Å². The van der Waals surface area contributed by atoms with E-state index < -0.39 is 0 Å². The first-order valence-corrected chi connectivity index (χ1v) is 5.86. The molecule has 1 N–H and O–H groups in total. The van der Waals surface area contributed by atoms with Gasteiger partial charge < -0.3 is 10.1 Å². The predicted octanol–water partition coefficient (Wildman–Crippen LogP) is 2.36. The van der Waals surface area contributed by atoms with E-state index in [4.69, 9.17) is 16.3 Å². The molecular formula is C11H16ClN3O. The molecule has 0 atom stereocenters. The number of nitrogens with zero attached hydrogens (tertiary/aromatic N) is 2. The second-order valence-electron chi connectivity index (χ2n) is 4.54. The lowest BCUT2D eigenvalue weighted by Gasteiger charge is -2.33. The van der Waals surface area contributed by atoms with Crippen LogP contribution in [-0.2, 0) is 4.74 Å². The monoisotopic (exact) mass is 241 g/mol. The van der Waals surface area contributed by atoms with Crippen LogP contribution in [0.5, 0.6) is 0 Å². The highest BCUT2D eigenvalue weighted by atomic mass is 35.5. The van der Waals surface area contributed by atoms with Crippen LogP contribution in [0.3, 0.4) is 0 Å². The molecule has 0 radical (unpaired) electrons. The number of hydrogen-bond donors (Lipinski definition) is 1. The first-order chi connectivity index (χ1) is 7.68. The highest BCUT2D eigenvalue weighted by Gasteiger charge is 2.26. The number of halogens is 1. The smallest absolute Gasteiger partial charge is 0.153 e. The van der Waals surface area contributed by atoms with Crippen molar-refractivity contribution in [3.63, 3.8) is 0 Å². The lowest BCUT2D eigenvalue weighted by molar-refractivity contribution is 0.0300. The maximum absolute atomic E-state index is 5.77. The Morgan fingerprint density at radius 1 is 1.50 bits per heavy atom. The second-order valence-corrected chi connectivity index (χ2v) is 4.93. The number of rotatable bonds is 3. The molecule has 1 aromatic rings. The Morgan fingerprint density at radius 3 is 2.94 bits per heavy atom. The van der Waals surface area contributed by atoms with Crippen LogP contribution in [-0.4, -0.2) is 30.0 Å². The Kier molecular flexibility index (Phi) is 3.61. The number of aromatic nitrogens is 2. The molecule has 2 heterocycles. The summed E-state index contributed by atoms with van der Waals surface area (Å²) in [6, 6.07) is 1.79. The lowest BCUT2D eigenvalue weighted by atomic mass is 9.82. The van der Waals surface area contributed by atoms with E-state index >= 15 is 0 Å². The van der Waals surface area contributed by atoms with Gasteiger partial charge in [0.15, 0.2) is 5.15 Å². The van der Waals surface area contributed by atoms with Crippen molar-refractivity contribution in [3.8, 4) is 0 Å². The van der Waals surface area contributed by atoms with Gasteiger partial charge in [-0.15, -0.1) is 5.10 Å². The number of ether oxygens (including phenoxy) is 1. The average Bonchev–Trinajstić information content (AvgIpc) is 2.28. The molecule has 0 aliphatic carbocycles. The Labute approximate surface area is 100 Å². The van der Waals surface area contributed by atoms with Gasteiger partial charge in [-0.25, -0.2) is 0 Å². The molecule has 4 nitrogen and oxygen atoms in total. The van der Waals surface area contributed by atoms with Gasteiger partial charge >= 0.3 is 0 Å². The summed E-state index contributed by atoms with van der Waals surface area (Å²) >= 11 is 5.77. The summed E-state index contributed by atoms with van der Waals surface area (Å²) in [6.07, 6.45) is 3.87. The van der Waals surface area contributed by atoms with Crippen LogP contribution in [0.2, 0.25) is 5.15 Å². The molecule has 5 heteroatoms. The molecule has 16 heavy (non-hydrogen) atoms. The Balaban J connectivity index is 1.91. The lowest BCUT2D eigenvalue weighted by Crippen LogP contribution is -2.33. The van der Waals surface area contributed by atoms with Crippen molar-refractivity contribution in [2.45, 2.75) is 19.8 Å². The van der Waals surface area contributed by atoms with Gasteiger partial charge in [0.2, 0.25) is 0 Å². The molecule has 1 fully saturated rings. The minimum atomic E-state index is 0.300. The summed E-state index contributed by atoms with van der Waals surface area (Å²) in [5.74, 6) is 0. The third kappa shape index (κ3) is 3.06. The zero-order valence-corrected chi connectivity index (χ0v) is 10.1. The van der Waals surface area contributed by atoms with Crippen molar-refractivity contribution < 1.29 is 4.74 Å². The van der Waals surface area contributed by atoms with Crippen LogP contribution in [0.1, 0.15) is 19.8 Å². The largest absolute Gasteiger partial charge is 0.383 e. The molecule has 0 bridgehead atoms. The first-order valence-electron chi connectivity index (χ1n) is 5.48. The van der Waals surface area contributed by atoms with Gasteiger partial charge in [0.25, 0.3) is 0 Å². The van der Waals surface area contributed by atoms with Crippen molar-refractivity contribution >= 4 is 17.3 Å². The summed E-state index contributed by atoms with van der Waals surface area (Å²) in [6.45, 7) is 4.90. The van der Waals surface area contributed by atoms with Gasteiger partial charge in [0, 0.05) is 25.8 Å². The minimum Gasteiger partial charge on any atom is -0.383 e. The molecular weight excluding hydrogens is 226 g/mol. The SMILES string of the molecule is CC1(CNc2cnnc(Cl)c2)CCOCC1. The maximum Gasteiger partial charge on any atom is 0.153 e. The normalized spacial score (nSPS) is 19.4. The van der Waals surface area contributed by atoms with Gasteiger partial charge in [-0.1, -0.05) is 18.5 Å². The summed E-state index contributed by atoms with van der Waals surface area (Å²) < 4.78 is 5.36. The summed E-state index contributed by atoms with van der Waals surface area (Å²) in [5.41, 5.74) is 1.22. The maximum atomic E-state index is 5.77. The first kappa shape index (κ1) is 11.6. The molecule has 0 aromatic carbocycles. The van der Waals surface area contributed by atoms with Crippen molar-refractivity contribution in [2.24, 2.45) is 5.41 Å². The molecule has 1 aliphatic heterocycles. The van der Waals surface area contributed by atoms with Crippen LogP contribution in [0.25, 0.3) is 0 Å². The van der Waals surface area contributed by atoms with E-state index in [9.17, 15) is 0 Å².